The van der Waals surface area contributed by atoms with Gasteiger partial charge in [0.1, 0.15) is 0 Å². The highest BCUT2D eigenvalue weighted by Gasteiger charge is 2.31. The third kappa shape index (κ3) is 4.24. The molecule has 0 N–H and O–H groups in total. The number of benzene rings is 1. The fraction of sp³-hybridized carbons (Fsp3) is 0.350. The number of hydrogen-bond acceptors (Lipinski definition) is 5. The van der Waals surface area contributed by atoms with Gasteiger partial charge in [-0.25, -0.2) is 9.67 Å². The summed E-state index contributed by atoms with van der Waals surface area (Å²) < 4.78 is 46.4. The Labute approximate surface area is 174 Å². The lowest BCUT2D eigenvalue weighted by molar-refractivity contribution is -0.137. The number of aromatic nitrogens is 3. The molecule has 2 aromatic heterocycles. The molecule has 1 fully saturated rings. The Kier molecular flexibility index (Phi) is 5.61. The number of ether oxygens (including phenoxy) is 1. The maximum Gasteiger partial charge on any atom is 0.416 e. The number of amides is 1. The molecule has 1 unspecified atom stereocenters. The average Bonchev–Trinajstić information content (AvgIpc) is 3.47. The molecule has 4 rings (SSSR count). The van der Waals surface area contributed by atoms with E-state index in [2.05, 4.69) is 10.1 Å². The lowest BCUT2D eigenvalue weighted by Crippen LogP contribution is -2.34. The second-order valence-corrected chi connectivity index (χ2v) is 7.96. The summed E-state index contributed by atoms with van der Waals surface area (Å²) in [5, 5.41) is 6.09. The molecule has 0 spiro atoms. The second-order valence-electron chi connectivity index (χ2n) is 7.02. The molecular formula is C20H19F3N4O2S. The van der Waals surface area contributed by atoms with Gasteiger partial charge in [-0.3, -0.25) is 4.79 Å². The summed E-state index contributed by atoms with van der Waals surface area (Å²) in [6.45, 7) is 1.09. The zero-order chi connectivity index (χ0) is 21.3. The van der Waals surface area contributed by atoms with Crippen molar-refractivity contribution in [3.8, 4) is 16.4 Å². The van der Waals surface area contributed by atoms with Crippen molar-refractivity contribution >= 4 is 17.2 Å². The molecule has 1 aliphatic heterocycles. The van der Waals surface area contributed by atoms with Crippen LogP contribution < -0.4 is 0 Å². The van der Waals surface area contributed by atoms with Gasteiger partial charge in [-0.2, -0.15) is 13.2 Å². The first-order chi connectivity index (χ1) is 14.3. The highest BCUT2D eigenvalue weighted by molar-refractivity contribution is 7.13. The van der Waals surface area contributed by atoms with Gasteiger partial charge in [-0.05, 0) is 42.5 Å². The van der Waals surface area contributed by atoms with Crippen LogP contribution in [0.2, 0.25) is 0 Å². The Balaban J connectivity index is 1.70. The summed E-state index contributed by atoms with van der Waals surface area (Å²) in [6.07, 6.45) is -2.68. The minimum absolute atomic E-state index is 0.0266. The highest BCUT2D eigenvalue weighted by Crippen LogP contribution is 2.32. The Bertz CT molecular complexity index is 1030. The van der Waals surface area contributed by atoms with Crippen LogP contribution in [0.25, 0.3) is 16.4 Å². The van der Waals surface area contributed by atoms with E-state index in [9.17, 15) is 18.0 Å². The number of likely N-dealkylation sites (N-methyl/N-ethyl adjacent to an activating group) is 1. The number of alkyl halides is 3. The van der Waals surface area contributed by atoms with E-state index in [0.29, 0.717) is 23.9 Å². The molecule has 0 radical (unpaired) electrons. The highest BCUT2D eigenvalue weighted by atomic mass is 32.1. The van der Waals surface area contributed by atoms with Crippen LogP contribution in [-0.4, -0.2) is 51.9 Å². The Hall–Kier alpha value is -2.72. The summed E-state index contributed by atoms with van der Waals surface area (Å²) in [5.74, 6) is -0.163. The number of carbonyl (C=O) groups excluding carboxylic acids is 1. The van der Waals surface area contributed by atoms with Crippen LogP contribution in [0.1, 0.15) is 29.0 Å². The van der Waals surface area contributed by atoms with Crippen LogP contribution in [0.15, 0.2) is 41.8 Å². The lowest BCUT2D eigenvalue weighted by Gasteiger charge is -2.19. The molecule has 3 aromatic rings. The van der Waals surface area contributed by atoms with Crippen molar-refractivity contribution in [2.24, 2.45) is 0 Å². The van der Waals surface area contributed by atoms with E-state index >= 15 is 0 Å². The van der Waals surface area contributed by atoms with Crippen LogP contribution in [-0.2, 0) is 10.9 Å². The van der Waals surface area contributed by atoms with Crippen molar-refractivity contribution in [2.75, 3.05) is 20.2 Å². The molecule has 1 aromatic carbocycles. The van der Waals surface area contributed by atoms with Gasteiger partial charge in [0.25, 0.3) is 5.91 Å². The largest absolute Gasteiger partial charge is 0.416 e. The van der Waals surface area contributed by atoms with Gasteiger partial charge in [-0.15, -0.1) is 16.4 Å². The Morgan fingerprint density at radius 1 is 1.33 bits per heavy atom. The van der Waals surface area contributed by atoms with Crippen molar-refractivity contribution in [1.82, 2.24) is 19.7 Å². The number of carbonyl (C=O) groups is 1. The van der Waals surface area contributed by atoms with Crippen molar-refractivity contribution in [3.05, 3.63) is 53.2 Å². The average molecular weight is 436 g/mol. The molecule has 0 saturated carbocycles. The molecular weight excluding hydrogens is 417 g/mol. The summed E-state index contributed by atoms with van der Waals surface area (Å²) in [4.78, 5) is 19.4. The molecule has 1 aliphatic rings. The molecule has 158 valence electrons. The monoisotopic (exact) mass is 436 g/mol. The maximum absolute atomic E-state index is 13.2. The quantitative estimate of drug-likeness (QED) is 0.600. The van der Waals surface area contributed by atoms with Crippen molar-refractivity contribution in [3.63, 3.8) is 0 Å². The van der Waals surface area contributed by atoms with Gasteiger partial charge in [0.2, 0.25) is 5.82 Å². The van der Waals surface area contributed by atoms with E-state index < -0.39 is 17.6 Å². The van der Waals surface area contributed by atoms with E-state index in [1.165, 1.54) is 33.1 Å². The first-order valence-corrected chi connectivity index (χ1v) is 10.3. The van der Waals surface area contributed by atoms with E-state index in [0.717, 1.165) is 25.0 Å². The fourth-order valence-electron chi connectivity index (χ4n) is 3.31. The molecule has 1 atom stereocenters. The van der Waals surface area contributed by atoms with Crippen LogP contribution in [0.5, 0.6) is 0 Å². The van der Waals surface area contributed by atoms with E-state index in [-0.39, 0.29) is 17.6 Å². The van der Waals surface area contributed by atoms with Gasteiger partial charge in [0, 0.05) is 20.2 Å². The lowest BCUT2D eigenvalue weighted by atomic mass is 10.2. The number of nitrogens with zero attached hydrogens (tertiary/aromatic N) is 4. The molecule has 1 amide bonds. The molecule has 0 bridgehead atoms. The predicted octanol–water partition coefficient (Wildman–Crippen LogP) is 4.27. The summed E-state index contributed by atoms with van der Waals surface area (Å²) >= 11 is 1.36. The molecule has 30 heavy (non-hydrogen) atoms. The third-order valence-corrected chi connectivity index (χ3v) is 5.67. The van der Waals surface area contributed by atoms with E-state index in [1.54, 1.807) is 19.2 Å². The number of thiophene rings is 1. The molecule has 10 heteroatoms. The third-order valence-electron chi connectivity index (χ3n) is 4.81. The van der Waals surface area contributed by atoms with Crippen molar-refractivity contribution in [1.29, 1.82) is 0 Å². The smallest absolute Gasteiger partial charge is 0.376 e. The number of hydrogen-bond donors (Lipinski definition) is 0. The standard InChI is InChI=1S/C20H19F3N4O2S/c1-26(12-15-7-3-9-29-15)19(28)17-24-18(16-8-4-10-30-16)27(25-17)14-6-2-5-13(11-14)20(21,22)23/h2,4-6,8,10-11,15H,3,7,9,12H2,1H3. The van der Waals surface area contributed by atoms with Crippen molar-refractivity contribution < 1.29 is 22.7 Å². The van der Waals surface area contributed by atoms with Crippen LogP contribution >= 0.6 is 11.3 Å². The Morgan fingerprint density at radius 3 is 2.83 bits per heavy atom. The minimum Gasteiger partial charge on any atom is -0.376 e. The van der Waals surface area contributed by atoms with Gasteiger partial charge in [-0.1, -0.05) is 12.1 Å². The van der Waals surface area contributed by atoms with Crippen molar-refractivity contribution in [2.45, 2.75) is 25.1 Å². The first-order valence-electron chi connectivity index (χ1n) is 9.38. The number of halogens is 3. The molecule has 3 heterocycles. The maximum atomic E-state index is 13.2. The molecule has 6 nitrogen and oxygen atoms in total. The normalized spacial score (nSPS) is 16.7. The van der Waals surface area contributed by atoms with Crippen LogP contribution in [0, 0.1) is 0 Å². The van der Waals surface area contributed by atoms with Crippen LogP contribution in [0.4, 0.5) is 13.2 Å². The zero-order valence-electron chi connectivity index (χ0n) is 16.1. The summed E-state index contributed by atoms with van der Waals surface area (Å²) in [5.41, 5.74) is -0.613. The second kappa shape index (κ2) is 8.19. The predicted molar refractivity (Wildman–Crippen MR) is 106 cm³/mol. The van der Waals surface area contributed by atoms with E-state index in [1.807, 2.05) is 5.38 Å². The molecule has 1 saturated heterocycles. The molecule has 0 aliphatic carbocycles. The van der Waals surface area contributed by atoms with Gasteiger partial charge in [0.15, 0.2) is 5.82 Å². The summed E-state index contributed by atoms with van der Waals surface area (Å²) in [6, 6.07) is 8.39. The Morgan fingerprint density at radius 2 is 2.17 bits per heavy atom. The topological polar surface area (TPSA) is 60.2 Å². The van der Waals surface area contributed by atoms with Gasteiger partial charge >= 0.3 is 6.18 Å². The SMILES string of the molecule is CN(CC1CCCO1)C(=O)c1nc(-c2cccs2)n(-c2cccc(C(F)(F)F)c2)n1. The first kappa shape index (κ1) is 20.5. The summed E-state index contributed by atoms with van der Waals surface area (Å²) in [7, 11) is 1.64. The van der Waals surface area contributed by atoms with Gasteiger partial charge < -0.3 is 9.64 Å². The zero-order valence-corrected chi connectivity index (χ0v) is 16.9. The number of rotatable bonds is 5. The fourth-order valence-corrected chi connectivity index (χ4v) is 4.01. The van der Waals surface area contributed by atoms with Crippen LogP contribution in [0.3, 0.4) is 0 Å². The van der Waals surface area contributed by atoms with E-state index in [4.69, 9.17) is 4.74 Å². The van der Waals surface area contributed by atoms with Gasteiger partial charge in [0.05, 0.1) is 22.2 Å². The minimum atomic E-state index is -4.49.